The van der Waals surface area contributed by atoms with Crippen LogP contribution >= 0.6 is 15.9 Å². The van der Waals surface area contributed by atoms with Crippen LogP contribution in [0.15, 0.2) is 53.0 Å². The Morgan fingerprint density at radius 3 is 2.48 bits per heavy atom. The number of carboxylic acid groups (broad SMARTS) is 1. The number of carbonyl (C=O) groups is 2. The van der Waals surface area contributed by atoms with Gasteiger partial charge in [-0.15, -0.1) is 0 Å². The van der Waals surface area contributed by atoms with Crippen molar-refractivity contribution in [2.75, 3.05) is 5.32 Å². The molecule has 2 rings (SSSR count). The summed E-state index contributed by atoms with van der Waals surface area (Å²) in [5, 5.41) is 14.3. The van der Waals surface area contributed by atoms with E-state index in [4.69, 9.17) is 5.11 Å². The Labute approximate surface area is 130 Å². The van der Waals surface area contributed by atoms with Crippen LogP contribution in [0.3, 0.4) is 0 Å². The van der Waals surface area contributed by atoms with Gasteiger partial charge in [0.2, 0.25) is 0 Å². The third-order valence-corrected chi connectivity index (χ3v) is 3.25. The van der Waals surface area contributed by atoms with E-state index in [0.717, 1.165) is 5.56 Å². The van der Waals surface area contributed by atoms with Gasteiger partial charge in [0.15, 0.2) is 0 Å². The Hall–Kier alpha value is -2.34. The second-order valence-electron chi connectivity index (χ2n) is 4.29. The van der Waals surface area contributed by atoms with Crippen molar-refractivity contribution in [2.45, 2.75) is 6.54 Å². The van der Waals surface area contributed by atoms with Crippen LogP contribution in [0.5, 0.6) is 0 Å². The van der Waals surface area contributed by atoms with Crippen molar-refractivity contribution in [3.8, 4) is 0 Å². The van der Waals surface area contributed by atoms with Crippen LogP contribution in [0, 0.1) is 0 Å². The molecule has 0 aliphatic rings. The summed E-state index contributed by atoms with van der Waals surface area (Å²) >= 11 is 3.25. The molecule has 0 heterocycles. The number of nitrogens with one attached hydrogen (secondary N) is 2. The minimum atomic E-state index is -1.10. The molecule has 108 valence electrons. The second kappa shape index (κ2) is 6.90. The zero-order chi connectivity index (χ0) is 15.2. The molecule has 21 heavy (non-hydrogen) atoms. The smallest absolute Gasteiger partial charge is 0.337 e. The molecule has 6 heteroatoms. The Balaban J connectivity index is 2.02. The highest BCUT2D eigenvalue weighted by Crippen LogP contribution is 2.21. The molecule has 3 N–H and O–H groups in total. The average molecular weight is 349 g/mol. The highest BCUT2D eigenvalue weighted by Gasteiger charge is 2.12. The summed E-state index contributed by atoms with van der Waals surface area (Å²) in [4.78, 5) is 22.9. The number of benzene rings is 2. The van der Waals surface area contributed by atoms with Crippen LogP contribution < -0.4 is 10.6 Å². The first-order valence-corrected chi connectivity index (χ1v) is 6.97. The predicted octanol–water partition coefficient (Wildman–Crippen LogP) is 3.47. The molecule has 0 fully saturated rings. The number of carboxylic acids is 1. The summed E-state index contributed by atoms with van der Waals surface area (Å²) in [6, 6.07) is 13.6. The lowest BCUT2D eigenvalue weighted by Gasteiger charge is -2.10. The lowest BCUT2D eigenvalue weighted by Crippen LogP contribution is -2.28. The predicted molar refractivity (Wildman–Crippen MR) is 83.4 cm³/mol. The Morgan fingerprint density at radius 2 is 1.81 bits per heavy atom. The van der Waals surface area contributed by atoms with E-state index in [1.54, 1.807) is 12.1 Å². The summed E-state index contributed by atoms with van der Waals surface area (Å²) in [5.41, 5.74) is 1.23. The largest absolute Gasteiger partial charge is 0.478 e. The van der Waals surface area contributed by atoms with E-state index in [1.807, 2.05) is 30.3 Å². The summed E-state index contributed by atoms with van der Waals surface area (Å²) in [5.74, 6) is -1.10. The van der Waals surface area contributed by atoms with Crippen molar-refractivity contribution >= 4 is 33.6 Å². The van der Waals surface area contributed by atoms with Gasteiger partial charge in [-0.25, -0.2) is 9.59 Å². The number of halogens is 1. The molecule has 0 unspecified atom stereocenters. The van der Waals surface area contributed by atoms with Crippen LogP contribution in [-0.4, -0.2) is 17.1 Å². The van der Waals surface area contributed by atoms with E-state index in [9.17, 15) is 9.59 Å². The Bertz CT molecular complexity index is 659. The molecule has 2 aromatic carbocycles. The molecular formula is C15H13BrN2O3. The van der Waals surface area contributed by atoms with E-state index in [1.165, 1.54) is 6.07 Å². The summed E-state index contributed by atoms with van der Waals surface area (Å²) in [6.07, 6.45) is 0. The maximum absolute atomic E-state index is 11.8. The third-order valence-electron chi connectivity index (χ3n) is 2.76. The number of rotatable bonds is 4. The van der Waals surface area contributed by atoms with E-state index in [0.29, 0.717) is 11.0 Å². The molecule has 0 aliphatic carbocycles. The molecule has 0 bridgehead atoms. The first-order chi connectivity index (χ1) is 10.1. The number of urea groups is 1. The maximum Gasteiger partial charge on any atom is 0.337 e. The number of hydrogen-bond donors (Lipinski definition) is 3. The van der Waals surface area contributed by atoms with E-state index in [-0.39, 0.29) is 11.3 Å². The van der Waals surface area contributed by atoms with Crippen molar-refractivity contribution in [3.63, 3.8) is 0 Å². The topological polar surface area (TPSA) is 78.4 Å². The van der Waals surface area contributed by atoms with Gasteiger partial charge in [-0.05, 0) is 23.8 Å². The van der Waals surface area contributed by atoms with Crippen LogP contribution in [0.25, 0.3) is 0 Å². The van der Waals surface area contributed by atoms with Gasteiger partial charge < -0.3 is 15.7 Å². The highest BCUT2D eigenvalue weighted by molar-refractivity contribution is 9.10. The standard InChI is InChI=1S/C15H13BrN2O3/c16-11-6-7-12(14(19)20)13(8-11)18-15(21)17-9-10-4-2-1-3-5-10/h1-8H,9H2,(H,19,20)(H2,17,18,21). The lowest BCUT2D eigenvalue weighted by atomic mass is 10.2. The third kappa shape index (κ3) is 4.32. The SMILES string of the molecule is O=C(NCc1ccccc1)Nc1cc(Br)ccc1C(=O)O. The monoisotopic (exact) mass is 348 g/mol. The van der Waals surface area contributed by atoms with Crippen molar-refractivity contribution in [1.29, 1.82) is 0 Å². The Morgan fingerprint density at radius 1 is 1.10 bits per heavy atom. The summed E-state index contributed by atoms with van der Waals surface area (Å²) < 4.78 is 0.686. The number of amides is 2. The van der Waals surface area contributed by atoms with E-state index in [2.05, 4.69) is 26.6 Å². The van der Waals surface area contributed by atoms with E-state index >= 15 is 0 Å². The van der Waals surface area contributed by atoms with Crippen molar-refractivity contribution < 1.29 is 14.7 Å². The fourth-order valence-corrected chi connectivity index (χ4v) is 2.11. The fraction of sp³-hybridized carbons (Fsp3) is 0.0667. The zero-order valence-corrected chi connectivity index (χ0v) is 12.6. The Kier molecular flexibility index (Phi) is 4.94. The van der Waals surface area contributed by atoms with E-state index < -0.39 is 12.0 Å². The molecule has 0 saturated heterocycles. The highest BCUT2D eigenvalue weighted by atomic mass is 79.9. The molecule has 0 atom stereocenters. The lowest BCUT2D eigenvalue weighted by molar-refractivity contribution is 0.0698. The van der Waals surface area contributed by atoms with Crippen LogP contribution in [0.4, 0.5) is 10.5 Å². The molecular weight excluding hydrogens is 336 g/mol. The number of anilines is 1. The van der Waals surface area contributed by atoms with Crippen LogP contribution in [0.1, 0.15) is 15.9 Å². The number of carbonyl (C=O) groups excluding carboxylic acids is 1. The normalized spacial score (nSPS) is 9.95. The molecule has 0 radical (unpaired) electrons. The molecule has 5 nitrogen and oxygen atoms in total. The first kappa shape index (κ1) is 15.1. The molecule has 2 aromatic rings. The minimum Gasteiger partial charge on any atom is -0.478 e. The summed E-state index contributed by atoms with van der Waals surface area (Å²) in [7, 11) is 0. The molecule has 0 aliphatic heterocycles. The molecule has 0 saturated carbocycles. The first-order valence-electron chi connectivity index (χ1n) is 6.18. The van der Waals surface area contributed by atoms with Gasteiger partial charge in [0, 0.05) is 11.0 Å². The van der Waals surface area contributed by atoms with Gasteiger partial charge in [-0.1, -0.05) is 46.3 Å². The van der Waals surface area contributed by atoms with Gasteiger partial charge in [0.05, 0.1) is 11.3 Å². The van der Waals surface area contributed by atoms with Crippen molar-refractivity contribution in [2.24, 2.45) is 0 Å². The number of aromatic carboxylic acids is 1. The van der Waals surface area contributed by atoms with Gasteiger partial charge >= 0.3 is 12.0 Å². The molecule has 2 amide bonds. The number of hydrogen-bond acceptors (Lipinski definition) is 2. The fourth-order valence-electron chi connectivity index (χ4n) is 1.75. The molecule has 0 spiro atoms. The average Bonchev–Trinajstić information content (AvgIpc) is 2.46. The molecule has 0 aromatic heterocycles. The van der Waals surface area contributed by atoms with Gasteiger partial charge in [-0.2, -0.15) is 0 Å². The maximum atomic E-state index is 11.8. The van der Waals surface area contributed by atoms with Gasteiger partial charge in [0.1, 0.15) is 0 Å². The van der Waals surface area contributed by atoms with Gasteiger partial charge in [-0.3, -0.25) is 0 Å². The van der Waals surface area contributed by atoms with Crippen molar-refractivity contribution in [3.05, 3.63) is 64.1 Å². The summed E-state index contributed by atoms with van der Waals surface area (Å²) in [6.45, 7) is 0.364. The van der Waals surface area contributed by atoms with Gasteiger partial charge in [0.25, 0.3) is 0 Å². The zero-order valence-electron chi connectivity index (χ0n) is 11.0. The van der Waals surface area contributed by atoms with Crippen molar-refractivity contribution in [1.82, 2.24) is 5.32 Å². The van der Waals surface area contributed by atoms with Crippen LogP contribution in [-0.2, 0) is 6.54 Å². The van der Waals surface area contributed by atoms with Crippen LogP contribution in [0.2, 0.25) is 0 Å². The minimum absolute atomic E-state index is 0.0352. The quantitative estimate of drug-likeness (QED) is 0.791. The second-order valence-corrected chi connectivity index (χ2v) is 5.20.